The highest BCUT2D eigenvalue weighted by Gasteiger charge is 2.16. The molecule has 0 aliphatic heterocycles. The summed E-state index contributed by atoms with van der Waals surface area (Å²) in [5.74, 6) is -0.943. The van der Waals surface area contributed by atoms with Crippen LogP contribution in [0.15, 0.2) is 53.4 Å². The minimum Gasteiger partial charge on any atom is -0.452 e. The third-order valence-electron chi connectivity index (χ3n) is 3.59. The molecule has 0 aliphatic carbocycles. The minimum atomic E-state index is -0.605. The Labute approximate surface area is 169 Å². The van der Waals surface area contributed by atoms with E-state index in [1.807, 2.05) is 32.9 Å². The van der Waals surface area contributed by atoms with Crippen LogP contribution in [0, 0.1) is 6.92 Å². The first kappa shape index (κ1) is 21.5. The lowest BCUT2D eigenvalue weighted by Crippen LogP contribution is -2.31. The number of esters is 1. The topological polar surface area (TPSA) is 84.5 Å². The van der Waals surface area contributed by atoms with E-state index in [1.54, 1.807) is 36.4 Å². The van der Waals surface area contributed by atoms with Gasteiger partial charge in [0.2, 0.25) is 5.91 Å². The number of thioether (sulfide) groups is 1. The Bertz CT molecular complexity index is 835. The lowest BCUT2D eigenvalue weighted by Gasteiger charge is -2.11. The van der Waals surface area contributed by atoms with Gasteiger partial charge in [-0.05, 0) is 45.0 Å². The molecule has 0 fully saturated rings. The Kier molecular flexibility index (Phi) is 8.07. The van der Waals surface area contributed by atoms with E-state index in [0.29, 0.717) is 16.1 Å². The molecule has 0 heterocycles. The third-order valence-corrected chi connectivity index (χ3v) is 4.66. The zero-order valence-electron chi connectivity index (χ0n) is 16.2. The maximum Gasteiger partial charge on any atom is 0.339 e. The number of anilines is 1. The summed E-state index contributed by atoms with van der Waals surface area (Å²) >= 11 is 1.25. The van der Waals surface area contributed by atoms with Crippen molar-refractivity contribution in [2.24, 2.45) is 0 Å². The quantitative estimate of drug-likeness (QED) is 0.524. The fourth-order valence-electron chi connectivity index (χ4n) is 2.31. The first-order valence-electron chi connectivity index (χ1n) is 8.90. The van der Waals surface area contributed by atoms with Gasteiger partial charge in [-0.25, -0.2) is 4.79 Å². The lowest BCUT2D eigenvalue weighted by atomic mass is 10.2. The van der Waals surface area contributed by atoms with Gasteiger partial charge >= 0.3 is 5.97 Å². The van der Waals surface area contributed by atoms with Gasteiger partial charge < -0.3 is 15.4 Å². The molecule has 0 bridgehead atoms. The molecule has 0 saturated heterocycles. The third kappa shape index (κ3) is 7.08. The molecule has 0 unspecified atom stereocenters. The largest absolute Gasteiger partial charge is 0.452 e. The van der Waals surface area contributed by atoms with Crippen molar-refractivity contribution in [3.8, 4) is 0 Å². The average Bonchev–Trinajstić information content (AvgIpc) is 2.66. The van der Waals surface area contributed by atoms with Gasteiger partial charge in [0.25, 0.3) is 5.91 Å². The Morgan fingerprint density at radius 3 is 2.36 bits per heavy atom. The average molecular weight is 401 g/mol. The fourth-order valence-corrected chi connectivity index (χ4v) is 3.16. The molecular formula is C21H24N2O4S. The first-order chi connectivity index (χ1) is 13.3. The van der Waals surface area contributed by atoms with Crippen LogP contribution in [0.4, 0.5) is 5.69 Å². The van der Waals surface area contributed by atoms with Crippen LogP contribution in [0.25, 0.3) is 0 Å². The van der Waals surface area contributed by atoms with Crippen molar-refractivity contribution in [2.45, 2.75) is 31.7 Å². The van der Waals surface area contributed by atoms with Crippen molar-refractivity contribution >= 4 is 35.2 Å². The summed E-state index contributed by atoms with van der Waals surface area (Å²) in [4.78, 5) is 36.8. The summed E-state index contributed by atoms with van der Waals surface area (Å²) in [6.07, 6.45) is 0. The van der Waals surface area contributed by atoms with Gasteiger partial charge in [0, 0.05) is 16.6 Å². The van der Waals surface area contributed by atoms with E-state index in [4.69, 9.17) is 4.74 Å². The van der Waals surface area contributed by atoms with Crippen LogP contribution in [0.5, 0.6) is 0 Å². The molecule has 2 amide bonds. The lowest BCUT2D eigenvalue weighted by molar-refractivity contribution is -0.119. The first-order valence-corrected chi connectivity index (χ1v) is 9.88. The molecule has 0 atom stereocenters. The molecule has 28 heavy (non-hydrogen) atoms. The molecular weight excluding hydrogens is 376 g/mol. The van der Waals surface area contributed by atoms with Gasteiger partial charge in [0.05, 0.1) is 11.3 Å². The van der Waals surface area contributed by atoms with Gasteiger partial charge in [-0.15, -0.1) is 11.8 Å². The van der Waals surface area contributed by atoms with Crippen LogP contribution < -0.4 is 10.6 Å². The van der Waals surface area contributed by atoms with Crippen LogP contribution in [-0.4, -0.2) is 36.2 Å². The van der Waals surface area contributed by atoms with Crippen molar-refractivity contribution in [1.29, 1.82) is 0 Å². The van der Waals surface area contributed by atoms with Crippen LogP contribution in [0.3, 0.4) is 0 Å². The zero-order chi connectivity index (χ0) is 20.5. The summed E-state index contributed by atoms with van der Waals surface area (Å²) < 4.78 is 5.13. The van der Waals surface area contributed by atoms with E-state index < -0.39 is 11.9 Å². The van der Waals surface area contributed by atoms with Crippen molar-refractivity contribution in [3.63, 3.8) is 0 Å². The van der Waals surface area contributed by atoms with Crippen molar-refractivity contribution < 1.29 is 19.1 Å². The molecule has 0 aromatic heterocycles. The normalized spacial score (nSPS) is 10.4. The second kappa shape index (κ2) is 10.5. The Balaban J connectivity index is 1.90. The number of amides is 2. The second-order valence-electron chi connectivity index (χ2n) is 6.50. The monoisotopic (exact) mass is 400 g/mol. The smallest absolute Gasteiger partial charge is 0.339 e. The van der Waals surface area contributed by atoms with Crippen LogP contribution >= 0.6 is 11.8 Å². The highest BCUT2D eigenvalue weighted by atomic mass is 32.2. The molecule has 6 nitrogen and oxygen atoms in total. The van der Waals surface area contributed by atoms with Crippen LogP contribution in [0.1, 0.15) is 29.8 Å². The van der Waals surface area contributed by atoms with Crippen molar-refractivity contribution in [3.05, 3.63) is 59.7 Å². The molecule has 7 heteroatoms. The molecule has 2 N–H and O–H groups in total. The standard InChI is InChI=1S/C21H24N2O4S/c1-14(2)22-20(25)13-28-18-7-5-4-6-17(18)21(26)27-12-19(24)23-16-10-8-15(3)9-11-16/h4-11,14H,12-13H2,1-3H3,(H,22,25)(H,23,24). The maximum absolute atomic E-state index is 12.4. The molecule has 148 valence electrons. The van der Waals surface area contributed by atoms with E-state index in [-0.39, 0.29) is 24.3 Å². The van der Waals surface area contributed by atoms with Crippen LogP contribution in [0.2, 0.25) is 0 Å². The van der Waals surface area contributed by atoms with Crippen molar-refractivity contribution in [1.82, 2.24) is 5.32 Å². The van der Waals surface area contributed by atoms with Gasteiger partial charge in [-0.3, -0.25) is 9.59 Å². The van der Waals surface area contributed by atoms with E-state index in [0.717, 1.165) is 5.56 Å². The predicted molar refractivity (Wildman–Crippen MR) is 111 cm³/mol. The number of hydrogen-bond acceptors (Lipinski definition) is 5. The van der Waals surface area contributed by atoms with Gasteiger partial charge in [0.15, 0.2) is 6.61 Å². The Morgan fingerprint density at radius 1 is 1.00 bits per heavy atom. The number of nitrogens with one attached hydrogen (secondary N) is 2. The molecule has 2 aromatic carbocycles. The number of carbonyl (C=O) groups excluding carboxylic acids is 3. The zero-order valence-corrected chi connectivity index (χ0v) is 17.0. The summed E-state index contributed by atoms with van der Waals surface area (Å²) in [6.45, 7) is 5.33. The van der Waals surface area contributed by atoms with Gasteiger partial charge in [0.1, 0.15) is 0 Å². The highest BCUT2D eigenvalue weighted by molar-refractivity contribution is 8.00. The molecule has 0 saturated carbocycles. The van der Waals surface area contributed by atoms with Gasteiger partial charge in [-0.1, -0.05) is 29.8 Å². The Hall–Kier alpha value is -2.80. The summed E-state index contributed by atoms with van der Waals surface area (Å²) in [5, 5.41) is 5.47. The summed E-state index contributed by atoms with van der Waals surface area (Å²) in [6, 6.07) is 14.2. The summed E-state index contributed by atoms with van der Waals surface area (Å²) in [5.41, 5.74) is 2.05. The number of carbonyl (C=O) groups is 3. The van der Waals surface area contributed by atoms with Crippen LogP contribution in [-0.2, 0) is 14.3 Å². The predicted octanol–water partition coefficient (Wildman–Crippen LogP) is 3.41. The Morgan fingerprint density at radius 2 is 1.68 bits per heavy atom. The number of ether oxygens (including phenoxy) is 1. The minimum absolute atomic E-state index is 0.0559. The summed E-state index contributed by atoms with van der Waals surface area (Å²) in [7, 11) is 0. The highest BCUT2D eigenvalue weighted by Crippen LogP contribution is 2.23. The van der Waals surface area contributed by atoms with Gasteiger partial charge in [-0.2, -0.15) is 0 Å². The SMILES string of the molecule is Cc1ccc(NC(=O)COC(=O)c2ccccc2SCC(=O)NC(C)C)cc1. The molecule has 0 radical (unpaired) electrons. The number of aryl methyl sites for hydroxylation is 1. The van der Waals surface area contributed by atoms with E-state index in [9.17, 15) is 14.4 Å². The van der Waals surface area contributed by atoms with E-state index >= 15 is 0 Å². The fraction of sp³-hybridized carbons (Fsp3) is 0.286. The second-order valence-corrected chi connectivity index (χ2v) is 7.51. The molecule has 0 spiro atoms. The number of benzene rings is 2. The maximum atomic E-state index is 12.4. The molecule has 2 aromatic rings. The van der Waals surface area contributed by atoms with E-state index in [1.165, 1.54) is 11.8 Å². The van der Waals surface area contributed by atoms with Crippen molar-refractivity contribution in [2.75, 3.05) is 17.7 Å². The number of hydrogen-bond donors (Lipinski definition) is 2. The molecule has 0 aliphatic rings. The molecule has 2 rings (SSSR count). The van der Waals surface area contributed by atoms with E-state index in [2.05, 4.69) is 10.6 Å². The number of rotatable bonds is 8.